The SMILES string of the molecule is Cc1cc(C)cc(NC(=O)CSc2ncc(CO)n2CC(N)=O)c1. The van der Waals surface area contributed by atoms with Gasteiger partial charge in [0.15, 0.2) is 5.16 Å². The molecule has 4 N–H and O–H groups in total. The standard InChI is InChI=1S/C16H20N4O3S/c1-10-3-11(2)5-12(4-10)19-15(23)9-24-16-18-6-13(8-21)20(16)7-14(17)22/h3-6,21H,7-9H2,1-2H3,(H2,17,22)(H,19,23). The number of amides is 2. The fourth-order valence-corrected chi connectivity index (χ4v) is 3.13. The van der Waals surface area contributed by atoms with Crippen molar-refractivity contribution in [3.05, 3.63) is 41.2 Å². The average molecular weight is 348 g/mol. The molecule has 0 aliphatic carbocycles. The summed E-state index contributed by atoms with van der Waals surface area (Å²) in [4.78, 5) is 27.4. The van der Waals surface area contributed by atoms with Crippen LogP contribution in [-0.2, 0) is 22.7 Å². The summed E-state index contributed by atoms with van der Waals surface area (Å²) < 4.78 is 1.51. The van der Waals surface area contributed by atoms with E-state index < -0.39 is 5.91 Å². The van der Waals surface area contributed by atoms with E-state index in [9.17, 15) is 14.7 Å². The maximum atomic E-state index is 12.1. The number of hydrogen-bond donors (Lipinski definition) is 3. The van der Waals surface area contributed by atoms with Crippen LogP contribution >= 0.6 is 11.8 Å². The van der Waals surface area contributed by atoms with Crippen LogP contribution < -0.4 is 11.1 Å². The molecule has 24 heavy (non-hydrogen) atoms. The molecule has 8 heteroatoms. The number of hydrogen-bond acceptors (Lipinski definition) is 5. The summed E-state index contributed by atoms with van der Waals surface area (Å²) in [5.41, 5.74) is 8.57. The molecule has 2 amide bonds. The van der Waals surface area contributed by atoms with Gasteiger partial charge in [0.05, 0.1) is 24.3 Å². The Morgan fingerprint density at radius 2 is 1.96 bits per heavy atom. The molecule has 0 radical (unpaired) electrons. The maximum absolute atomic E-state index is 12.1. The van der Waals surface area contributed by atoms with E-state index >= 15 is 0 Å². The van der Waals surface area contributed by atoms with E-state index in [-0.39, 0.29) is 24.8 Å². The zero-order chi connectivity index (χ0) is 17.7. The highest BCUT2D eigenvalue weighted by molar-refractivity contribution is 7.99. The Morgan fingerprint density at radius 1 is 1.29 bits per heavy atom. The number of rotatable bonds is 7. The third-order valence-electron chi connectivity index (χ3n) is 3.22. The van der Waals surface area contributed by atoms with Crippen LogP contribution in [0.4, 0.5) is 5.69 Å². The summed E-state index contributed by atoms with van der Waals surface area (Å²) >= 11 is 1.18. The van der Waals surface area contributed by atoms with Crippen LogP contribution in [-0.4, -0.2) is 32.2 Å². The first-order valence-electron chi connectivity index (χ1n) is 7.33. The first-order chi connectivity index (χ1) is 11.4. The second kappa shape index (κ2) is 7.98. The zero-order valence-electron chi connectivity index (χ0n) is 13.6. The molecule has 0 fully saturated rings. The molecule has 0 aliphatic rings. The van der Waals surface area contributed by atoms with E-state index in [1.807, 2.05) is 32.0 Å². The molecule has 1 aromatic carbocycles. The molecule has 7 nitrogen and oxygen atoms in total. The topological polar surface area (TPSA) is 110 Å². The Balaban J connectivity index is 2.01. The highest BCUT2D eigenvalue weighted by Crippen LogP contribution is 2.20. The van der Waals surface area contributed by atoms with Crippen molar-refractivity contribution in [3.8, 4) is 0 Å². The Morgan fingerprint density at radius 3 is 2.54 bits per heavy atom. The number of aromatic nitrogens is 2. The second-order valence-corrected chi connectivity index (χ2v) is 6.40. The number of thioether (sulfide) groups is 1. The van der Waals surface area contributed by atoms with Crippen LogP contribution in [0.2, 0.25) is 0 Å². The second-order valence-electron chi connectivity index (χ2n) is 5.46. The van der Waals surface area contributed by atoms with Crippen molar-refractivity contribution < 1.29 is 14.7 Å². The molecule has 2 rings (SSSR count). The Hall–Kier alpha value is -2.32. The number of carbonyl (C=O) groups is 2. The van der Waals surface area contributed by atoms with Gasteiger partial charge in [-0.05, 0) is 37.1 Å². The number of anilines is 1. The summed E-state index contributed by atoms with van der Waals surface area (Å²) in [5.74, 6) is -0.582. The highest BCUT2D eigenvalue weighted by Gasteiger charge is 2.14. The number of primary amides is 1. The van der Waals surface area contributed by atoms with E-state index in [0.29, 0.717) is 10.9 Å². The number of aryl methyl sites for hydroxylation is 2. The normalized spacial score (nSPS) is 10.6. The number of nitrogens with one attached hydrogen (secondary N) is 1. The molecule has 0 atom stereocenters. The van der Waals surface area contributed by atoms with Crippen molar-refractivity contribution >= 4 is 29.3 Å². The minimum Gasteiger partial charge on any atom is -0.390 e. The van der Waals surface area contributed by atoms with Crippen molar-refractivity contribution in [2.75, 3.05) is 11.1 Å². The van der Waals surface area contributed by atoms with Crippen LogP contribution in [0.3, 0.4) is 0 Å². The first kappa shape index (κ1) is 18.0. The predicted octanol–water partition coefficient (Wildman–Crippen LogP) is 1.21. The third-order valence-corrected chi connectivity index (χ3v) is 4.21. The van der Waals surface area contributed by atoms with Gasteiger partial charge in [0.25, 0.3) is 0 Å². The Bertz CT molecular complexity index is 738. The zero-order valence-corrected chi connectivity index (χ0v) is 14.4. The molecule has 128 valence electrons. The summed E-state index contributed by atoms with van der Waals surface area (Å²) in [6.07, 6.45) is 1.47. The predicted molar refractivity (Wildman–Crippen MR) is 92.6 cm³/mol. The molecule has 1 aromatic heterocycles. The number of carbonyl (C=O) groups excluding carboxylic acids is 2. The lowest BCUT2D eigenvalue weighted by Crippen LogP contribution is -2.21. The number of aliphatic hydroxyl groups excluding tert-OH is 1. The molecule has 0 saturated heterocycles. The summed E-state index contributed by atoms with van der Waals surface area (Å²) in [6.45, 7) is 3.59. The van der Waals surface area contributed by atoms with E-state index in [1.54, 1.807) is 0 Å². The van der Waals surface area contributed by atoms with Crippen molar-refractivity contribution in [2.45, 2.75) is 32.2 Å². The van der Waals surface area contributed by atoms with Crippen molar-refractivity contribution in [2.24, 2.45) is 5.73 Å². The van der Waals surface area contributed by atoms with E-state index in [4.69, 9.17) is 5.73 Å². The quantitative estimate of drug-likeness (QED) is 0.652. The van der Waals surface area contributed by atoms with Crippen LogP contribution in [0, 0.1) is 13.8 Å². The van der Waals surface area contributed by atoms with Crippen LogP contribution in [0.5, 0.6) is 0 Å². The number of benzene rings is 1. The summed E-state index contributed by atoms with van der Waals surface area (Å²) in [6, 6.07) is 5.82. The van der Waals surface area contributed by atoms with Gasteiger partial charge in [0.1, 0.15) is 6.54 Å². The third kappa shape index (κ3) is 4.84. The van der Waals surface area contributed by atoms with Gasteiger partial charge in [-0.15, -0.1) is 0 Å². The van der Waals surface area contributed by atoms with E-state index in [2.05, 4.69) is 10.3 Å². The van der Waals surface area contributed by atoms with Gasteiger partial charge in [-0.25, -0.2) is 4.98 Å². The number of nitrogens with two attached hydrogens (primary N) is 1. The molecule has 0 spiro atoms. The lowest BCUT2D eigenvalue weighted by molar-refractivity contribution is -0.118. The minimum absolute atomic E-state index is 0.0864. The van der Waals surface area contributed by atoms with Gasteiger partial charge in [0, 0.05) is 5.69 Å². The fourth-order valence-electron chi connectivity index (χ4n) is 2.33. The molecule has 0 aliphatic heterocycles. The first-order valence-corrected chi connectivity index (χ1v) is 8.32. The maximum Gasteiger partial charge on any atom is 0.237 e. The molecule has 0 unspecified atom stereocenters. The van der Waals surface area contributed by atoms with Crippen LogP contribution in [0.25, 0.3) is 0 Å². The van der Waals surface area contributed by atoms with Gasteiger partial charge in [-0.3, -0.25) is 9.59 Å². The Kier molecular flexibility index (Phi) is 5.99. The average Bonchev–Trinajstić information content (AvgIpc) is 2.85. The largest absolute Gasteiger partial charge is 0.390 e. The van der Waals surface area contributed by atoms with Gasteiger partial charge in [0.2, 0.25) is 11.8 Å². The minimum atomic E-state index is -0.538. The smallest absolute Gasteiger partial charge is 0.237 e. The molecular formula is C16H20N4O3S. The highest BCUT2D eigenvalue weighted by atomic mass is 32.2. The van der Waals surface area contributed by atoms with E-state index in [1.165, 1.54) is 22.5 Å². The molecule has 1 heterocycles. The molecule has 0 saturated carbocycles. The monoisotopic (exact) mass is 348 g/mol. The van der Waals surface area contributed by atoms with Crippen molar-refractivity contribution in [1.29, 1.82) is 0 Å². The van der Waals surface area contributed by atoms with Crippen molar-refractivity contribution in [3.63, 3.8) is 0 Å². The Labute approximate surface area is 144 Å². The van der Waals surface area contributed by atoms with Crippen LogP contribution in [0.15, 0.2) is 29.6 Å². The molecular weight excluding hydrogens is 328 g/mol. The summed E-state index contributed by atoms with van der Waals surface area (Å²) in [7, 11) is 0. The summed E-state index contributed by atoms with van der Waals surface area (Å²) in [5, 5.41) is 12.6. The van der Waals surface area contributed by atoms with Gasteiger partial charge in [-0.1, -0.05) is 17.8 Å². The van der Waals surface area contributed by atoms with Gasteiger partial charge >= 0.3 is 0 Å². The van der Waals surface area contributed by atoms with Gasteiger partial charge < -0.3 is 20.7 Å². The lowest BCUT2D eigenvalue weighted by atomic mass is 10.1. The van der Waals surface area contributed by atoms with Crippen LogP contribution in [0.1, 0.15) is 16.8 Å². The fraction of sp³-hybridized carbons (Fsp3) is 0.312. The molecule has 0 bridgehead atoms. The number of nitrogens with zero attached hydrogens (tertiary/aromatic N) is 2. The van der Waals surface area contributed by atoms with E-state index in [0.717, 1.165) is 16.8 Å². The number of aliphatic hydroxyl groups is 1. The molecule has 2 aromatic rings. The van der Waals surface area contributed by atoms with Gasteiger partial charge in [-0.2, -0.15) is 0 Å². The lowest BCUT2D eigenvalue weighted by Gasteiger charge is -2.09. The van der Waals surface area contributed by atoms with Crippen molar-refractivity contribution in [1.82, 2.24) is 9.55 Å². The number of imidazole rings is 1.